The maximum Gasteiger partial charge on any atom is 0.278 e. The van der Waals surface area contributed by atoms with Crippen LogP contribution in [-0.2, 0) is 10.0 Å². The molecule has 3 aromatic rings. The Bertz CT molecular complexity index is 1120. The van der Waals surface area contributed by atoms with Gasteiger partial charge in [0.15, 0.2) is 0 Å². The minimum absolute atomic E-state index is 0.167. The van der Waals surface area contributed by atoms with E-state index >= 15 is 0 Å². The summed E-state index contributed by atoms with van der Waals surface area (Å²) in [6, 6.07) is 14.9. The van der Waals surface area contributed by atoms with Gasteiger partial charge in [-0.15, -0.1) is 0 Å². The molecule has 3 N–H and O–H groups in total. The van der Waals surface area contributed by atoms with Crippen LogP contribution in [0.2, 0.25) is 0 Å². The van der Waals surface area contributed by atoms with Crippen LogP contribution < -0.4 is 10.2 Å². The van der Waals surface area contributed by atoms with Gasteiger partial charge in [0.1, 0.15) is 0 Å². The molecule has 0 saturated heterocycles. The van der Waals surface area contributed by atoms with Gasteiger partial charge in [-0.25, -0.2) is 18.6 Å². The van der Waals surface area contributed by atoms with Crippen LogP contribution in [0.15, 0.2) is 65.7 Å². The molecule has 0 radical (unpaired) electrons. The molecule has 1 amide bonds. The Kier molecular flexibility index (Phi) is 4.62. The van der Waals surface area contributed by atoms with Gasteiger partial charge in [0, 0.05) is 5.92 Å². The lowest BCUT2D eigenvalue weighted by Gasteiger charge is -2.12. The predicted molar refractivity (Wildman–Crippen MR) is 102 cm³/mol. The summed E-state index contributed by atoms with van der Waals surface area (Å²) < 4.78 is 29.3. The lowest BCUT2D eigenvalue weighted by molar-refractivity contribution is 0.0705. The molecule has 8 nitrogen and oxygen atoms in total. The second-order valence-electron chi connectivity index (χ2n) is 6.54. The number of anilines is 1. The fraction of sp³-hybridized carbons (Fsp3) is 0.158. The van der Waals surface area contributed by atoms with Crippen molar-refractivity contribution in [3.8, 4) is 5.69 Å². The Hall–Kier alpha value is -3.17. The van der Waals surface area contributed by atoms with Crippen molar-refractivity contribution >= 4 is 21.6 Å². The van der Waals surface area contributed by atoms with Crippen LogP contribution in [0.3, 0.4) is 0 Å². The molecule has 4 rings (SSSR count). The minimum Gasteiger partial charge on any atom is -0.288 e. The Morgan fingerprint density at radius 1 is 1.11 bits per heavy atom. The minimum atomic E-state index is -3.72. The molecular weight excluding hydrogens is 380 g/mol. The van der Waals surface area contributed by atoms with E-state index in [-0.39, 0.29) is 10.8 Å². The highest BCUT2D eigenvalue weighted by molar-refractivity contribution is 7.92. The van der Waals surface area contributed by atoms with Crippen LogP contribution in [0.5, 0.6) is 0 Å². The number of hydroxylamine groups is 1. The van der Waals surface area contributed by atoms with Gasteiger partial charge >= 0.3 is 0 Å². The van der Waals surface area contributed by atoms with E-state index < -0.39 is 15.9 Å². The van der Waals surface area contributed by atoms with Gasteiger partial charge in [-0.05, 0) is 43.2 Å². The van der Waals surface area contributed by atoms with Crippen LogP contribution in [0.1, 0.15) is 34.8 Å². The number of nitrogens with zero attached hydrogens (tertiary/aromatic N) is 2. The molecule has 1 aliphatic carbocycles. The van der Waals surface area contributed by atoms with Gasteiger partial charge in [-0.2, -0.15) is 5.10 Å². The summed E-state index contributed by atoms with van der Waals surface area (Å²) >= 11 is 0. The molecule has 0 spiro atoms. The summed E-state index contributed by atoms with van der Waals surface area (Å²) in [5, 5.41) is 13.2. The van der Waals surface area contributed by atoms with Gasteiger partial charge in [-0.1, -0.05) is 24.3 Å². The number of carbonyl (C=O) groups excluding carboxylic acids is 1. The van der Waals surface area contributed by atoms with Crippen molar-refractivity contribution in [2.75, 3.05) is 4.72 Å². The molecule has 0 unspecified atom stereocenters. The first kappa shape index (κ1) is 18.2. The van der Waals surface area contributed by atoms with E-state index in [0.717, 1.165) is 12.8 Å². The normalized spacial score (nSPS) is 13.9. The van der Waals surface area contributed by atoms with Gasteiger partial charge in [0.2, 0.25) is 0 Å². The Labute approximate surface area is 161 Å². The number of hydrogen-bond acceptors (Lipinski definition) is 5. The number of sulfonamides is 1. The summed E-state index contributed by atoms with van der Waals surface area (Å²) in [4.78, 5) is 12.1. The van der Waals surface area contributed by atoms with E-state index in [9.17, 15) is 13.2 Å². The average molecular weight is 398 g/mol. The highest BCUT2D eigenvalue weighted by Crippen LogP contribution is 2.42. The zero-order valence-electron chi connectivity index (χ0n) is 14.7. The Morgan fingerprint density at radius 3 is 2.54 bits per heavy atom. The number of carbonyl (C=O) groups is 1. The molecule has 9 heteroatoms. The molecule has 1 heterocycles. The summed E-state index contributed by atoms with van der Waals surface area (Å²) in [6.07, 6.45) is 3.26. The zero-order valence-corrected chi connectivity index (χ0v) is 15.6. The largest absolute Gasteiger partial charge is 0.288 e. The quantitative estimate of drug-likeness (QED) is 0.436. The molecule has 1 saturated carbocycles. The Balaban J connectivity index is 1.69. The summed E-state index contributed by atoms with van der Waals surface area (Å²) in [5.41, 5.74) is 3.65. The van der Waals surface area contributed by atoms with Crippen molar-refractivity contribution in [1.82, 2.24) is 15.3 Å². The summed E-state index contributed by atoms with van der Waals surface area (Å²) in [5.74, 6) is -0.437. The molecule has 0 aliphatic heterocycles. The molecule has 1 aliphatic rings. The summed E-state index contributed by atoms with van der Waals surface area (Å²) in [7, 11) is -3.72. The molecule has 144 valence electrons. The fourth-order valence-electron chi connectivity index (χ4n) is 3.06. The molecule has 28 heavy (non-hydrogen) atoms. The second kappa shape index (κ2) is 7.10. The molecule has 2 aromatic carbocycles. The first-order valence-corrected chi connectivity index (χ1v) is 10.2. The topological polar surface area (TPSA) is 113 Å². The van der Waals surface area contributed by atoms with Crippen LogP contribution in [0, 0.1) is 0 Å². The maximum absolute atomic E-state index is 12.6. The fourth-order valence-corrected chi connectivity index (χ4v) is 4.13. The van der Waals surface area contributed by atoms with E-state index in [4.69, 9.17) is 5.21 Å². The first-order chi connectivity index (χ1) is 13.5. The first-order valence-electron chi connectivity index (χ1n) is 8.70. The number of rotatable bonds is 6. The van der Waals surface area contributed by atoms with E-state index in [1.165, 1.54) is 18.3 Å². The van der Waals surface area contributed by atoms with Crippen LogP contribution in [0.25, 0.3) is 5.69 Å². The van der Waals surface area contributed by atoms with Crippen LogP contribution in [-0.4, -0.2) is 29.3 Å². The second-order valence-corrected chi connectivity index (χ2v) is 8.22. The third-order valence-corrected chi connectivity index (χ3v) is 5.91. The monoisotopic (exact) mass is 398 g/mol. The molecule has 0 bridgehead atoms. The highest BCUT2D eigenvalue weighted by atomic mass is 32.2. The van der Waals surface area contributed by atoms with Gasteiger partial charge in [0.05, 0.1) is 33.7 Å². The van der Waals surface area contributed by atoms with Crippen molar-refractivity contribution in [3.63, 3.8) is 0 Å². The van der Waals surface area contributed by atoms with E-state index in [1.807, 2.05) is 0 Å². The van der Waals surface area contributed by atoms with Crippen molar-refractivity contribution in [1.29, 1.82) is 0 Å². The third kappa shape index (κ3) is 3.49. The number of benzene rings is 2. The lowest BCUT2D eigenvalue weighted by atomic mass is 10.1. The Morgan fingerprint density at radius 2 is 1.86 bits per heavy atom. The lowest BCUT2D eigenvalue weighted by Crippen LogP contribution is -2.20. The van der Waals surface area contributed by atoms with Gasteiger partial charge in [-0.3, -0.25) is 14.7 Å². The van der Waals surface area contributed by atoms with Gasteiger partial charge < -0.3 is 0 Å². The zero-order chi connectivity index (χ0) is 19.7. The number of aromatic nitrogens is 2. The predicted octanol–water partition coefficient (Wildman–Crippen LogP) is 2.67. The number of nitrogens with one attached hydrogen (secondary N) is 2. The molecule has 0 atom stereocenters. The molecule has 1 fully saturated rings. The van der Waals surface area contributed by atoms with E-state index in [1.54, 1.807) is 52.6 Å². The van der Waals surface area contributed by atoms with Crippen molar-refractivity contribution in [3.05, 3.63) is 72.1 Å². The highest BCUT2D eigenvalue weighted by Gasteiger charge is 2.33. The van der Waals surface area contributed by atoms with Crippen molar-refractivity contribution in [2.24, 2.45) is 0 Å². The van der Waals surface area contributed by atoms with Crippen LogP contribution in [0.4, 0.5) is 5.69 Å². The molecular formula is C19H18N4O4S. The maximum atomic E-state index is 12.6. The standard InChI is InChI=1S/C19H18N4O4S/c24-19(21-25)17-12-20-23(18(17)13-9-10-13)15-6-4-5-14(11-15)22-28(26,27)16-7-2-1-3-8-16/h1-8,11-13,22,25H,9-10H2,(H,21,24). The summed E-state index contributed by atoms with van der Waals surface area (Å²) in [6.45, 7) is 0. The smallest absolute Gasteiger partial charge is 0.278 e. The van der Waals surface area contributed by atoms with Crippen molar-refractivity contribution < 1.29 is 18.4 Å². The molecule has 1 aromatic heterocycles. The average Bonchev–Trinajstić information content (AvgIpc) is 3.45. The number of hydrogen-bond donors (Lipinski definition) is 3. The third-order valence-electron chi connectivity index (χ3n) is 4.51. The van der Waals surface area contributed by atoms with E-state index in [2.05, 4.69) is 9.82 Å². The SMILES string of the molecule is O=C(NO)c1cnn(-c2cccc(NS(=O)(=O)c3ccccc3)c2)c1C1CC1. The van der Waals surface area contributed by atoms with Crippen molar-refractivity contribution in [2.45, 2.75) is 23.7 Å². The van der Waals surface area contributed by atoms with Crippen LogP contribution >= 0.6 is 0 Å². The van der Waals surface area contributed by atoms with E-state index in [0.29, 0.717) is 22.6 Å². The van der Waals surface area contributed by atoms with Gasteiger partial charge in [0.25, 0.3) is 15.9 Å². The number of amides is 1.